The van der Waals surface area contributed by atoms with E-state index in [1.165, 1.54) is 0 Å². The maximum atomic E-state index is 12.9. The smallest absolute Gasteiger partial charge is 0.253 e. The van der Waals surface area contributed by atoms with Crippen LogP contribution in [0.5, 0.6) is 11.5 Å². The largest absolute Gasteiger partial charge is 0.494 e. The van der Waals surface area contributed by atoms with Gasteiger partial charge in [-0.2, -0.15) is 0 Å². The summed E-state index contributed by atoms with van der Waals surface area (Å²) >= 11 is 0. The second-order valence-electron chi connectivity index (χ2n) is 7.77. The molecule has 2 aromatic carbocycles. The Morgan fingerprint density at radius 3 is 2.29 bits per heavy atom. The van der Waals surface area contributed by atoms with E-state index < -0.39 is 0 Å². The molecule has 1 aliphatic heterocycles. The highest BCUT2D eigenvalue weighted by Gasteiger charge is 2.43. The van der Waals surface area contributed by atoms with Crippen molar-refractivity contribution >= 4 is 5.91 Å². The number of hydrogen-bond acceptors (Lipinski definition) is 4. The topological polar surface area (TPSA) is 64.8 Å². The first-order valence-corrected chi connectivity index (χ1v) is 10.2. The summed E-state index contributed by atoms with van der Waals surface area (Å²) in [5.74, 6) is 2.91. The minimum absolute atomic E-state index is 0.114. The molecule has 1 amide bonds. The third-order valence-electron chi connectivity index (χ3n) is 5.76. The Morgan fingerprint density at radius 2 is 1.64 bits per heavy atom. The van der Waals surface area contributed by atoms with Crippen molar-refractivity contribution in [1.29, 1.82) is 0 Å². The number of para-hydroxylation sites is 1. The molecule has 0 radical (unpaired) electrons. The average molecular weight is 380 g/mol. The lowest BCUT2D eigenvalue weighted by molar-refractivity contribution is 0.0769. The fraction of sp³-hybridized carbons (Fsp3) is 0.435. The van der Waals surface area contributed by atoms with Crippen LogP contribution >= 0.6 is 0 Å². The molecule has 1 aliphatic carbocycles. The van der Waals surface area contributed by atoms with E-state index in [-0.39, 0.29) is 12.0 Å². The highest BCUT2D eigenvalue weighted by Crippen LogP contribution is 2.40. The molecule has 0 bridgehead atoms. The number of nitrogens with zero attached hydrogens (tertiary/aromatic N) is 1. The Bertz CT molecular complexity index is 764. The van der Waals surface area contributed by atoms with Crippen molar-refractivity contribution < 1.29 is 14.3 Å². The minimum atomic E-state index is 0.114. The number of likely N-dealkylation sites (tertiary alicyclic amines) is 1. The zero-order valence-electron chi connectivity index (χ0n) is 16.1. The summed E-state index contributed by atoms with van der Waals surface area (Å²) in [5.41, 5.74) is 6.20. The van der Waals surface area contributed by atoms with Gasteiger partial charge in [0.1, 0.15) is 11.5 Å². The fourth-order valence-corrected chi connectivity index (χ4v) is 4.35. The number of fused-ring (bicyclic) bond motifs is 1. The van der Waals surface area contributed by atoms with Gasteiger partial charge >= 0.3 is 0 Å². The van der Waals surface area contributed by atoms with Gasteiger partial charge < -0.3 is 20.1 Å². The number of carbonyl (C=O) groups is 1. The molecule has 2 aromatic rings. The molecule has 1 saturated heterocycles. The maximum absolute atomic E-state index is 12.9. The van der Waals surface area contributed by atoms with Crippen LogP contribution in [0.25, 0.3) is 0 Å². The number of benzene rings is 2. The number of rotatable bonds is 7. The van der Waals surface area contributed by atoms with Crippen LogP contribution in [-0.2, 0) is 0 Å². The fourth-order valence-electron chi connectivity index (χ4n) is 4.35. The van der Waals surface area contributed by atoms with Crippen LogP contribution in [0.2, 0.25) is 0 Å². The summed E-state index contributed by atoms with van der Waals surface area (Å²) in [4.78, 5) is 14.9. The Kier molecular flexibility index (Phi) is 5.81. The van der Waals surface area contributed by atoms with E-state index >= 15 is 0 Å². The van der Waals surface area contributed by atoms with E-state index in [1.807, 2.05) is 59.5 Å². The molecular weight excluding hydrogens is 352 g/mol. The molecule has 2 aliphatic rings. The molecule has 28 heavy (non-hydrogen) atoms. The lowest BCUT2D eigenvalue weighted by Crippen LogP contribution is -2.30. The SMILES string of the molecule is NCCCOc1ccc(C(=O)N2C[C@H]3CC(Oc4ccccc4)C[C@H]3C2)cc1. The van der Waals surface area contributed by atoms with Crippen LogP contribution < -0.4 is 15.2 Å². The predicted molar refractivity (Wildman–Crippen MR) is 109 cm³/mol. The van der Waals surface area contributed by atoms with Gasteiger partial charge in [0.2, 0.25) is 0 Å². The van der Waals surface area contributed by atoms with Crippen LogP contribution in [0.4, 0.5) is 0 Å². The minimum Gasteiger partial charge on any atom is -0.494 e. The van der Waals surface area contributed by atoms with Gasteiger partial charge in [0.05, 0.1) is 12.7 Å². The lowest BCUT2D eigenvalue weighted by atomic mass is 10.0. The Hall–Kier alpha value is -2.53. The van der Waals surface area contributed by atoms with Gasteiger partial charge in [0.15, 0.2) is 0 Å². The summed E-state index contributed by atoms with van der Waals surface area (Å²) in [6.07, 6.45) is 3.14. The molecule has 1 unspecified atom stereocenters. The highest BCUT2D eigenvalue weighted by atomic mass is 16.5. The highest BCUT2D eigenvalue weighted by molar-refractivity contribution is 5.94. The zero-order chi connectivity index (χ0) is 19.3. The zero-order valence-corrected chi connectivity index (χ0v) is 16.1. The summed E-state index contributed by atoms with van der Waals surface area (Å²) in [7, 11) is 0. The van der Waals surface area contributed by atoms with Gasteiger partial charge in [-0.25, -0.2) is 0 Å². The average Bonchev–Trinajstić information content (AvgIpc) is 3.28. The third-order valence-corrected chi connectivity index (χ3v) is 5.76. The Labute approximate surface area is 166 Å². The van der Waals surface area contributed by atoms with Crippen LogP contribution in [0.1, 0.15) is 29.6 Å². The van der Waals surface area contributed by atoms with Gasteiger partial charge in [0, 0.05) is 18.7 Å². The van der Waals surface area contributed by atoms with Crippen molar-refractivity contribution in [2.45, 2.75) is 25.4 Å². The molecule has 2 fully saturated rings. The first-order chi connectivity index (χ1) is 13.7. The van der Waals surface area contributed by atoms with Gasteiger partial charge in [-0.3, -0.25) is 4.79 Å². The van der Waals surface area contributed by atoms with Crippen LogP contribution in [0.15, 0.2) is 54.6 Å². The van der Waals surface area contributed by atoms with Gasteiger partial charge in [-0.05, 0) is 74.0 Å². The van der Waals surface area contributed by atoms with Crippen molar-refractivity contribution in [3.05, 3.63) is 60.2 Å². The van der Waals surface area contributed by atoms with Crippen molar-refractivity contribution in [3.63, 3.8) is 0 Å². The number of nitrogens with two attached hydrogens (primary N) is 1. The second-order valence-corrected chi connectivity index (χ2v) is 7.77. The summed E-state index contributed by atoms with van der Waals surface area (Å²) in [6.45, 7) is 2.87. The van der Waals surface area contributed by atoms with Crippen molar-refractivity contribution in [2.75, 3.05) is 26.2 Å². The number of carbonyl (C=O) groups excluding carboxylic acids is 1. The predicted octanol–water partition coefficient (Wildman–Crippen LogP) is 3.34. The van der Waals surface area contributed by atoms with Crippen molar-refractivity contribution in [1.82, 2.24) is 4.90 Å². The molecule has 4 rings (SSSR count). The quantitative estimate of drug-likeness (QED) is 0.748. The first-order valence-electron chi connectivity index (χ1n) is 10.2. The normalized spacial score (nSPS) is 23.5. The number of amides is 1. The van der Waals surface area contributed by atoms with E-state index in [0.717, 1.165) is 49.4 Å². The lowest BCUT2D eigenvalue weighted by Gasteiger charge is -2.20. The Morgan fingerprint density at radius 1 is 0.964 bits per heavy atom. The number of ether oxygens (including phenoxy) is 2. The van der Waals surface area contributed by atoms with Gasteiger partial charge in [-0.15, -0.1) is 0 Å². The Balaban J connectivity index is 1.29. The maximum Gasteiger partial charge on any atom is 0.253 e. The van der Waals surface area contributed by atoms with Gasteiger partial charge in [-0.1, -0.05) is 18.2 Å². The molecule has 148 valence electrons. The van der Waals surface area contributed by atoms with Crippen molar-refractivity contribution in [3.8, 4) is 11.5 Å². The molecule has 3 atom stereocenters. The molecule has 1 saturated carbocycles. The first kappa shape index (κ1) is 18.8. The molecule has 0 spiro atoms. The van der Waals surface area contributed by atoms with E-state index in [1.54, 1.807) is 0 Å². The monoisotopic (exact) mass is 380 g/mol. The van der Waals surface area contributed by atoms with Crippen LogP contribution in [-0.4, -0.2) is 43.2 Å². The van der Waals surface area contributed by atoms with Crippen LogP contribution in [0, 0.1) is 11.8 Å². The molecule has 0 aromatic heterocycles. The van der Waals surface area contributed by atoms with Crippen molar-refractivity contribution in [2.24, 2.45) is 17.6 Å². The second kappa shape index (κ2) is 8.65. The van der Waals surface area contributed by atoms with E-state index in [0.29, 0.717) is 25.0 Å². The van der Waals surface area contributed by atoms with Gasteiger partial charge in [0.25, 0.3) is 5.91 Å². The van der Waals surface area contributed by atoms with Crippen LogP contribution in [0.3, 0.4) is 0 Å². The summed E-state index contributed by atoms with van der Waals surface area (Å²) in [6, 6.07) is 17.5. The molecule has 5 nitrogen and oxygen atoms in total. The molecule has 5 heteroatoms. The standard InChI is InChI=1S/C23H28N2O3/c24-11-4-12-27-20-9-7-17(8-10-20)23(26)25-15-18-13-22(14-19(18)16-25)28-21-5-2-1-3-6-21/h1-3,5-10,18-19,22H,4,11-16,24H2/t18-,19+,22?. The van der Waals surface area contributed by atoms with E-state index in [2.05, 4.69) is 0 Å². The van der Waals surface area contributed by atoms with E-state index in [9.17, 15) is 4.79 Å². The third kappa shape index (κ3) is 4.30. The number of hydrogen-bond donors (Lipinski definition) is 1. The summed E-state index contributed by atoms with van der Waals surface area (Å²) < 4.78 is 11.7. The molecule has 2 N–H and O–H groups in total. The molecule has 1 heterocycles. The summed E-state index contributed by atoms with van der Waals surface area (Å²) in [5, 5.41) is 0. The van der Waals surface area contributed by atoms with E-state index in [4.69, 9.17) is 15.2 Å². The molecular formula is C23H28N2O3.